The maximum Gasteiger partial charge on any atom is 0.408 e. The van der Waals surface area contributed by atoms with Gasteiger partial charge in [-0.05, 0) is 123 Å². The van der Waals surface area contributed by atoms with Crippen molar-refractivity contribution in [2.24, 2.45) is 5.73 Å². The van der Waals surface area contributed by atoms with E-state index in [1.807, 2.05) is 0 Å². The lowest BCUT2D eigenvalue weighted by Gasteiger charge is -2.52. The molecule has 0 spiro atoms. The van der Waals surface area contributed by atoms with Crippen LogP contribution in [-0.4, -0.2) is 179 Å². The predicted octanol–water partition coefficient (Wildman–Crippen LogP) is 1.66. The molecule has 14 atom stereocenters. The predicted molar refractivity (Wildman–Crippen MR) is 243 cm³/mol. The lowest BCUT2D eigenvalue weighted by Crippen LogP contribution is -2.72. The number of nitrogens with one attached hydrogen (secondary N) is 5. The molecule has 24 heteroatoms. The van der Waals surface area contributed by atoms with Crippen LogP contribution in [0.5, 0.6) is 0 Å². The second-order valence-corrected chi connectivity index (χ2v) is 22.2. The summed E-state index contributed by atoms with van der Waals surface area (Å²) >= 11 is 0. The number of ether oxygens (including phenoxy) is 10. The van der Waals surface area contributed by atoms with E-state index >= 15 is 0 Å². The minimum atomic E-state index is -1.86. The van der Waals surface area contributed by atoms with Gasteiger partial charge in [0, 0.05) is 13.1 Å². The molecule has 24 nitrogen and oxygen atoms in total. The number of aliphatic hydroxyl groups excluding tert-OH is 3. The van der Waals surface area contributed by atoms with Gasteiger partial charge in [-0.15, -0.1) is 0 Å². The van der Waals surface area contributed by atoms with Crippen molar-refractivity contribution in [2.45, 2.75) is 236 Å². The molecule has 6 unspecified atom stereocenters. The first kappa shape index (κ1) is 57.7. The van der Waals surface area contributed by atoms with Gasteiger partial charge in [0.15, 0.2) is 18.4 Å². The number of rotatable bonds is 13. The van der Waals surface area contributed by atoms with Crippen LogP contribution in [-0.2, 0) is 52.2 Å². The Kier molecular flexibility index (Phi) is 19.4. The van der Waals surface area contributed by atoms with E-state index in [2.05, 4.69) is 26.6 Å². The van der Waals surface area contributed by atoms with Gasteiger partial charge in [-0.25, -0.2) is 19.2 Å². The molecule has 3 aliphatic heterocycles. The maximum atomic E-state index is 13.8. The molecule has 0 radical (unpaired) electrons. The third kappa shape index (κ3) is 18.4. The SMILES string of the molecule is CC(C)(C)OC(=O)NCC[C@H](O)C(=O)N[C@@H]1C[C@@H](NC(=O)OC(C)(C)C)C(O[C@H]2OC(CN)CCC2NC(=O)OC(C)(C)C)C(O)[C@H]1O[C@H]1OC2COC(C)(C)O[C@H]2[C@H](NC(=O)OC(C)(C)C)C1O. The first-order valence-electron chi connectivity index (χ1n) is 23.6. The van der Waals surface area contributed by atoms with Gasteiger partial charge in [0.25, 0.3) is 0 Å². The molecule has 4 aliphatic rings. The maximum absolute atomic E-state index is 13.8. The molecular formula is C45H80N6O18. The van der Waals surface area contributed by atoms with E-state index in [4.69, 9.17) is 53.1 Å². The molecule has 1 aliphatic carbocycles. The highest BCUT2D eigenvalue weighted by Crippen LogP contribution is 2.37. The first-order chi connectivity index (χ1) is 31.6. The molecule has 0 aromatic heterocycles. The fourth-order valence-corrected chi connectivity index (χ4v) is 7.97. The Bertz CT molecular complexity index is 1750. The molecule has 0 bridgehead atoms. The van der Waals surface area contributed by atoms with Crippen molar-refractivity contribution in [2.75, 3.05) is 19.7 Å². The molecule has 69 heavy (non-hydrogen) atoms. The number of carbonyl (C=O) groups is 5. The summed E-state index contributed by atoms with van der Waals surface area (Å²) in [5.74, 6) is -2.12. The van der Waals surface area contributed by atoms with Crippen molar-refractivity contribution in [1.82, 2.24) is 26.6 Å². The van der Waals surface area contributed by atoms with Crippen LogP contribution in [0.4, 0.5) is 19.2 Å². The average Bonchev–Trinajstić information content (AvgIpc) is 3.16. The van der Waals surface area contributed by atoms with E-state index < -0.39 is 144 Å². The Labute approximate surface area is 404 Å². The van der Waals surface area contributed by atoms with Crippen molar-refractivity contribution < 1.29 is 86.7 Å². The van der Waals surface area contributed by atoms with Gasteiger partial charge in [0.05, 0.1) is 36.9 Å². The fraction of sp³-hybridized carbons (Fsp3) is 0.889. The van der Waals surface area contributed by atoms with Gasteiger partial charge < -0.3 is 95.0 Å². The molecule has 0 aromatic carbocycles. The molecule has 4 rings (SSSR count). The standard InChI is InChI=1S/C45H80N6O18/c1-41(2,3)66-37(56)47-18-17-26(52)34(55)48-24-19-25(50-39(58)68-43(7,8)9)32(63-35-23(16-15-22(20-46)61-35)49-38(57)67-42(4,5)6)30(54)31(24)64-36-29(53)28(51-40(59)69-44(10,11)12)33-27(62-36)21-60-45(13,14)65-33/h22-33,35-36,52-54H,15-21,46H2,1-14H3,(H,47,56)(H,48,55)(H,49,57)(H,50,58)(H,51,59)/t22?,23?,24-,25-,26+,27?,28-,29?,30?,31+,32?,33-,35-,36-/m1/s1. The first-order valence-corrected chi connectivity index (χ1v) is 23.6. The Morgan fingerprint density at radius 3 is 1.70 bits per heavy atom. The Morgan fingerprint density at radius 1 is 0.667 bits per heavy atom. The van der Waals surface area contributed by atoms with Crippen molar-refractivity contribution >= 4 is 30.3 Å². The summed E-state index contributed by atoms with van der Waals surface area (Å²) in [6.45, 7) is 23.2. The average molecular weight is 993 g/mol. The van der Waals surface area contributed by atoms with Crippen LogP contribution in [0.25, 0.3) is 0 Å². The zero-order chi connectivity index (χ0) is 52.0. The smallest absolute Gasteiger partial charge is 0.408 e. The van der Waals surface area contributed by atoms with Gasteiger partial charge >= 0.3 is 24.4 Å². The molecule has 1 saturated carbocycles. The second-order valence-electron chi connectivity index (χ2n) is 22.2. The van der Waals surface area contributed by atoms with Crippen LogP contribution >= 0.6 is 0 Å². The molecular weight excluding hydrogens is 913 g/mol. The highest BCUT2D eigenvalue weighted by atomic mass is 16.8. The van der Waals surface area contributed by atoms with Gasteiger partial charge in [-0.1, -0.05) is 0 Å². The summed E-state index contributed by atoms with van der Waals surface area (Å²) in [5.41, 5.74) is 2.46. The number of carbonyl (C=O) groups excluding carboxylic acids is 5. The van der Waals surface area contributed by atoms with Gasteiger partial charge in [-0.3, -0.25) is 4.79 Å². The summed E-state index contributed by atoms with van der Waals surface area (Å²) in [6, 6.07) is -4.66. The van der Waals surface area contributed by atoms with E-state index in [0.29, 0.717) is 12.8 Å². The number of aliphatic hydroxyl groups is 3. The molecule has 4 fully saturated rings. The van der Waals surface area contributed by atoms with Crippen LogP contribution in [0.3, 0.4) is 0 Å². The van der Waals surface area contributed by atoms with E-state index in [-0.39, 0.29) is 32.5 Å². The summed E-state index contributed by atoms with van der Waals surface area (Å²) in [7, 11) is 0. The molecule has 398 valence electrons. The quantitative estimate of drug-likeness (QED) is 0.119. The zero-order valence-electron chi connectivity index (χ0n) is 42.6. The molecule has 10 N–H and O–H groups in total. The van der Waals surface area contributed by atoms with Crippen molar-refractivity contribution in [3.05, 3.63) is 0 Å². The number of fused-ring (bicyclic) bond motifs is 1. The number of hydrogen-bond acceptors (Lipinski definition) is 19. The molecule has 0 aromatic rings. The molecule has 3 heterocycles. The monoisotopic (exact) mass is 993 g/mol. The van der Waals surface area contributed by atoms with E-state index in [1.54, 1.807) is 96.9 Å². The van der Waals surface area contributed by atoms with Crippen LogP contribution in [0.2, 0.25) is 0 Å². The number of hydrogen-bond donors (Lipinski definition) is 9. The number of amides is 5. The minimum Gasteiger partial charge on any atom is -0.444 e. The Morgan fingerprint density at radius 2 is 1.16 bits per heavy atom. The second kappa shape index (κ2) is 23.1. The van der Waals surface area contributed by atoms with E-state index in [1.165, 1.54) is 0 Å². The molecule has 3 saturated heterocycles. The fourth-order valence-electron chi connectivity index (χ4n) is 7.97. The van der Waals surface area contributed by atoms with Crippen molar-refractivity contribution in [1.29, 1.82) is 0 Å². The van der Waals surface area contributed by atoms with Crippen LogP contribution in [0.1, 0.15) is 123 Å². The largest absolute Gasteiger partial charge is 0.444 e. The van der Waals surface area contributed by atoms with E-state index in [0.717, 1.165) is 0 Å². The zero-order valence-corrected chi connectivity index (χ0v) is 42.6. The highest BCUT2D eigenvalue weighted by molar-refractivity contribution is 5.81. The summed E-state index contributed by atoms with van der Waals surface area (Å²) in [4.78, 5) is 66.0. The van der Waals surface area contributed by atoms with Gasteiger partial charge in [0.1, 0.15) is 65.1 Å². The summed E-state index contributed by atoms with van der Waals surface area (Å²) < 4.78 is 59.4. The minimum absolute atomic E-state index is 0.0729. The Balaban J connectivity index is 1.74. The third-order valence-electron chi connectivity index (χ3n) is 10.8. The van der Waals surface area contributed by atoms with Crippen LogP contribution in [0, 0.1) is 0 Å². The van der Waals surface area contributed by atoms with Crippen molar-refractivity contribution in [3.8, 4) is 0 Å². The topological polar surface area (TPSA) is 325 Å². The van der Waals surface area contributed by atoms with Gasteiger partial charge in [-0.2, -0.15) is 0 Å². The number of alkyl carbamates (subject to hydrolysis) is 4. The number of nitrogens with two attached hydrogens (primary N) is 1. The van der Waals surface area contributed by atoms with E-state index in [9.17, 15) is 39.3 Å². The van der Waals surface area contributed by atoms with Crippen molar-refractivity contribution in [3.63, 3.8) is 0 Å². The van der Waals surface area contributed by atoms with Crippen LogP contribution < -0.4 is 32.3 Å². The summed E-state index contributed by atoms with van der Waals surface area (Å²) in [6.07, 6.45) is -17.1. The van der Waals surface area contributed by atoms with Gasteiger partial charge in [0.2, 0.25) is 5.91 Å². The third-order valence-corrected chi connectivity index (χ3v) is 10.8. The molecule has 5 amide bonds. The lowest BCUT2D eigenvalue weighted by atomic mass is 9.83. The lowest BCUT2D eigenvalue weighted by molar-refractivity contribution is -0.376. The normalized spacial score (nSPS) is 32.2. The highest BCUT2D eigenvalue weighted by Gasteiger charge is 2.56. The Hall–Kier alpha value is -3.85. The summed E-state index contributed by atoms with van der Waals surface area (Å²) in [5, 5.41) is 49.1. The van der Waals surface area contributed by atoms with Crippen LogP contribution in [0.15, 0.2) is 0 Å².